The number of aliphatic hydroxyl groups excluding tert-OH is 5. The molecule has 0 bridgehead atoms. The lowest BCUT2D eigenvalue weighted by atomic mass is 9.93. The smallest absolute Gasteiger partial charge is 0.277 e. The fourth-order valence-electron chi connectivity index (χ4n) is 5.38. The zero-order valence-corrected chi connectivity index (χ0v) is 26.6. The summed E-state index contributed by atoms with van der Waals surface area (Å²) in [6, 6.07) is 10.7. The summed E-state index contributed by atoms with van der Waals surface area (Å²) in [4.78, 5) is 26.0. The molecule has 260 valence electrons. The molecule has 2 aromatic carbocycles. The van der Waals surface area contributed by atoms with Crippen molar-refractivity contribution in [2.75, 3.05) is 22.6 Å². The van der Waals surface area contributed by atoms with Crippen molar-refractivity contribution in [2.45, 2.75) is 75.5 Å². The zero-order chi connectivity index (χ0) is 35.0. The highest BCUT2D eigenvalue weighted by molar-refractivity contribution is 7.92. The van der Waals surface area contributed by atoms with Gasteiger partial charge in [0.25, 0.3) is 11.8 Å². The van der Waals surface area contributed by atoms with Gasteiger partial charge >= 0.3 is 0 Å². The number of aliphatic hydroxyl groups is 6. The number of hydroxylamine groups is 1. The lowest BCUT2D eigenvalue weighted by molar-refractivity contribution is -0.266. The summed E-state index contributed by atoms with van der Waals surface area (Å²) in [5, 5.41) is 74.3. The van der Waals surface area contributed by atoms with Crippen LogP contribution < -0.4 is 14.5 Å². The molecule has 0 spiro atoms. The minimum Gasteiger partial charge on any atom is -0.455 e. The number of carbonyl (C=O) groups excluding carboxylic acids is 2. The van der Waals surface area contributed by atoms with Crippen LogP contribution in [-0.2, 0) is 29.1 Å². The number of anilines is 2. The molecule has 2 aliphatic rings. The van der Waals surface area contributed by atoms with E-state index in [-0.39, 0.29) is 22.2 Å². The van der Waals surface area contributed by atoms with Crippen LogP contribution in [0.2, 0.25) is 0 Å². The van der Waals surface area contributed by atoms with Gasteiger partial charge in [-0.25, -0.2) is 8.42 Å². The lowest BCUT2D eigenvalue weighted by Gasteiger charge is -2.37. The van der Waals surface area contributed by atoms with E-state index in [1.807, 2.05) is 0 Å². The molecule has 2 aliphatic heterocycles. The summed E-state index contributed by atoms with van der Waals surface area (Å²) in [5.74, 6) is -5.22. The number of para-hydroxylation sites is 1. The minimum atomic E-state index is -3.75. The molecule has 0 aromatic heterocycles. The van der Waals surface area contributed by atoms with Crippen molar-refractivity contribution in [3.05, 3.63) is 48.5 Å². The maximum Gasteiger partial charge on any atom is 0.277 e. The van der Waals surface area contributed by atoms with E-state index in [9.17, 15) is 53.9 Å². The van der Waals surface area contributed by atoms with Gasteiger partial charge in [0.2, 0.25) is 15.9 Å². The highest BCUT2D eigenvalue weighted by Crippen LogP contribution is 2.49. The fourth-order valence-corrected chi connectivity index (χ4v) is 5.95. The first-order chi connectivity index (χ1) is 21.9. The molecule has 0 saturated carbocycles. The van der Waals surface area contributed by atoms with E-state index in [1.54, 1.807) is 30.3 Å². The van der Waals surface area contributed by atoms with Crippen LogP contribution in [0.4, 0.5) is 11.4 Å². The molecule has 18 heteroatoms. The third-order valence-electron chi connectivity index (χ3n) is 7.95. The van der Waals surface area contributed by atoms with Gasteiger partial charge in [-0.3, -0.25) is 24.4 Å². The van der Waals surface area contributed by atoms with E-state index in [0.29, 0.717) is 5.75 Å². The molecule has 10 unspecified atom stereocenters. The number of hydrogen-bond acceptors (Lipinski definition) is 14. The van der Waals surface area contributed by atoms with Gasteiger partial charge in [0.1, 0.15) is 42.3 Å². The number of nitrogens with one attached hydrogen (secondary N) is 1. The molecule has 2 fully saturated rings. The van der Waals surface area contributed by atoms with Gasteiger partial charge in [-0.15, -0.1) is 0 Å². The largest absolute Gasteiger partial charge is 0.455 e. The fraction of sp³-hybridized carbons (Fsp3) is 0.517. The Morgan fingerprint density at radius 1 is 1.09 bits per heavy atom. The standard InChI is InChI=1S/C29H39N3O14S/c1-14(28(39)32(41)17-10-11-19(30-47(4,42)43)20(12-17)45-18-8-6-5-7-9-18)22(35)25(38)23(36)15(2)44-26-24(37)21(13-33)46-29(40)27(26)31(29)16(3)34/h5-12,14-15,21-27,30,33,35-38,40-41H,13H2,1-4H3. The summed E-state index contributed by atoms with van der Waals surface area (Å²) in [7, 11) is -3.75. The van der Waals surface area contributed by atoms with Crippen molar-refractivity contribution in [3.8, 4) is 11.5 Å². The van der Waals surface area contributed by atoms with Crippen LogP contribution in [0.3, 0.4) is 0 Å². The van der Waals surface area contributed by atoms with E-state index >= 15 is 0 Å². The van der Waals surface area contributed by atoms with E-state index in [4.69, 9.17) is 14.2 Å². The molecular formula is C29H39N3O14S. The Bertz CT molecular complexity index is 1550. The van der Waals surface area contributed by atoms with Gasteiger partial charge < -0.3 is 44.8 Å². The van der Waals surface area contributed by atoms with Crippen LogP contribution in [0.25, 0.3) is 0 Å². The third-order valence-corrected chi connectivity index (χ3v) is 8.54. The van der Waals surface area contributed by atoms with Gasteiger partial charge in [-0.1, -0.05) is 25.1 Å². The molecule has 2 amide bonds. The Morgan fingerprint density at radius 3 is 2.30 bits per heavy atom. The second kappa shape index (κ2) is 14.0. The number of hydrogen-bond donors (Lipinski definition) is 8. The Kier molecular flexibility index (Phi) is 10.8. The number of ether oxygens (including phenoxy) is 3. The predicted molar refractivity (Wildman–Crippen MR) is 161 cm³/mol. The monoisotopic (exact) mass is 685 g/mol. The average Bonchev–Trinajstić information content (AvgIpc) is 3.66. The minimum absolute atomic E-state index is 0.00224. The maximum absolute atomic E-state index is 13.2. The first-order valence-electron chi connectivity index (χ1n) is 14.5. The number of fused-ring (bicyclic) bond motifs is 1. The second-order valence-electron chi connectivity index (χ2n) is 11.5. The lowest BCUT2D eigenvalue weighted by Crippen LogP contribution is -2.56. The van der Waals surface area contributed by atoms with Crippen LogP contribution in [0.1, 0.15) is 20.8 Å². The van der Waals surface area contributed by atoms with E-state index in [1.165, 1.54) is 32.0 Å². The van der Waals surface area contributed by atoms with Crippen LogP contribution in [0.5, 0.6) is 11.5 Å². The summed E-state index contributed by atoms with van der Waals surface area (Å²) in [6.07, 6.45) is -10.7. The number of sulfonamides is 1. The van der Waals surface area contributed by atoms with Crippen molar-refractivity contribution in [1.82, 2.24) is 4.90 Å². The van der Waals surface area contributed by atoms with Crippen LogP contribution in [0.15, 0.2) is 48.5 Å². The van der Waals surface area contributed by atoms with E-state index in [0.717, 1.165) is 18.1 Å². The summed E-state index contributed by atoms with van der Waals surface area (Å²) < 4.78 is 42.7. The molecule has 8 N–H and O–H groups in total. The quantitative estimate of drug-likeness (QED) is 0.0693. The summed E-state index contributed by atoms with van der Waals surface area (Å²) >= 11 is 0. The van der Waals surface area contributed by atoms with Gasteiger partial charge in [0, 0.05) is 13.0 Å². The molecule has 47 heavy (non-hydrogen) atoms. The molecule has 0 aliphatic carbocycles. The van der Waals surface area contributed by atoms with Crippen LogP contribution in [-0.4, -0.2) is 129 Å². The third kappa shape index (κ3) is 7.67. The predicted octanol–water partition coefficient (Wildman–Crippen LogP) is -1.31. The SMILES string of the molecule is CC(=O)N1C2C(OC(C)C(O)C(O)C(O)C(C)C(=O)N(O)c3ccc(NS(C)(=O)=O)c(Oc4ccccc4)c3)C(O)C(CO)OC21O. The topological polar surface area (TPSA) is 256 Å². The normalized spacial score (nSPS) is 27.1. The number of benzene rings is 2. The number of amides is 2. The average molecular weight is 686 g/mol. The van der Waals surface area contributed by atoms with Crippen LogP contribution >= 0.6 is 0 Å². The molecule has 4 rings (SSSR count). The van der Waals surface area contributed by atoms with Gasteiger partial charge in [0.05, 0.1) is 42.4 Å². The van der Waals surface area contributed by atoms with Gasteiger partial charge in [-0.2, -0.15) is 5.06 Å². The second-order valence-corrected chi connectivity index (χ2v) is 13.3. The Balaban J connectivity index is 1.46. The van der Waals surface area contributed by atoms with Gasteiger partial charge in [-0.05, 0) is 31.2 Å². The van der Waals surface area contributed by atoms with Crippen molar-refractivity contribution in [3.63, 3.8) is 0 Å². The molecule has 2 aromatic rings. The Morgan fingerprint density at radius 2 is 1.72 bits per heavy atom. The molecule has 2 heterocycles. The molecular weight excluding hydrogens is 646 g/mol. The maximum atomic E-state index is 13.2. The number of carbonyl (C=O) groups is 2. The first-order valence-corrected chi connectivity index (χ1v) is 16.4. The summed E-state index contributed by atoms with van der Waals surface area (Å²) in [5.41, 5.74) is -0.192. The first kappa shape index (κ1) is 36.4. The summed E-state index contributed by atoms with van der Waals surface area (Å²) in [6.45, 7) is 2.83. The highest BCUT2D eigenvalue weighted by Gasteiger charge is 2.75. The Hall–Kier alpha value is -3.43. The number of nitrogens with zero attached hydrogens (tertiary/aromatic N) is 2. The molecule has 10 atom stereocenters. The van der Waals surface area contributed by atoms with E-state index < -0.39 is 89.0 Å². The zero-order valence-electron chi connectivity index (χ0n) is 25.8. The number of rotatable bonds is 13. The van der Waals surface area contributed by atoms with Crippen molar-refractivity contribution in [1.29, 1.82) is 0 Å². The van der Waals surface area contributed by atoms with Crippen LogP contribution in [0, 0.1) is 5.92 Å². The van der Waals surface area contributed by atoms with Crippen molar-refractivity contribution in [2.24, 2.45) is 5.92 Å². The van der Waals surface area contributed by atoms with Gasteiger partial charge in [0.15, 0.2) is 5.75 Å². The molecule has 17 nitrogen and oxygen atoms in total. The molecule has 0 radical (unpaired) electrons. The molecule has 2 saturated heterocycles. The van der Waals surface area contributed by atoms with E-state index in [2.05, 4.69) is 4.72 Å². The van der Waals surface area contributed by atoms with Crippen molar-refractivity contribution < 1.29 is 68.1 Å². The van der Waals surface area contributed by atoms with Crippen molar-refractivity contribution >= 4 is 33.2 Å². The Labute approximate surface area is 270 Å². The highest BCUT2D eigenvalue weighted by atomic mass is 32.2.